The van der Waals surface area contributed by atoms with E-state index in [1.54, 1.807) is 0 Å². The maximum Gasteiger partial charge on any atom is -0.0287 e. The molecule has 0 saturated heterocycles. The highest BCUT2D eigenvalue weighted by Gasteiger charge is 1.82. The quantitative estimate of drug-likeness (QED) is 0.516. The van der Waals surface area contributed by atoms with E-state index in [4.69, 9.17) is 0 Å². The Morgan fingerprint density at radius 1 is 1.00 bits per heavy atom. The molecule has 0 aliphatic heterocycles. The Bertz CT molecular complexity index is 116. The highest BCUT2D eigenvalue weighted by atomic mass is 13.9. The third-order valence-electron chi connectivity index (χ3n) is 1.20. The average molecular weight is 184 g/mol. The molecule has 0 aromatic rings. The van der Waals surface area contributed by atoms with Gasteiger partial charge in [0.15, 0.2) is 0 Å². The topological polar surface area (TPSA) is 0 Å². The van der Waals surface area contributed by atoms with Gasteiger partial charge < -0.3 is 0 Å². The summed E-state index contributed by atoms with van der Waals surface area (Å²) in [5, 5.41) is 0. The average Bonchev–Trinajstić information content (AvgIpc) is 2.20. The minimum Gasteiger partial charge on any atom is -0.0847 e. The van der Waals surface area contributed by atoms with Crippen LogP contribution in [0.3, 0.4) is 0 Å². The largest absolute Gasteiger partial charge is 0.0847 e. The lowest BCUT2D eigenvalue weighted by Crippen LogP contribution is -1.76. The van der Waals surface area contributed by atoms with E-state index in [1.165, 1.54) is 5.57 Å². The van der Waals surface area contributed by atoms with Gasteiger partial charge in [-0.3, -0.25) is 0 Å². The van der Waals surface area contributed by atoms with E-state index >= 15 is 0 Å². The summed E-state index contributed by atoms with van der Waals surface area (Å²) in [6.07, 6.45) is 6.47. The van der Waals surface area contributed by atoms with Gasteiger partial charge in [-0.2, -0.15) is 0 Å². The molecule has 0 amide bonds. The minimum absolute atomic E-state index is 0.667. The second kappa shape index (κ2) is 17.5. The first-order valence-corrected chi connectivity index (χ1v) is 5.48. The standard InChI is InChI=1S/C9H16.2C2H6/c1-5-9(4)7-6-8(2)3;2*1-2/h5-8H,1-4H3;2*1-2H3/b7-6-,9-5-;;. The molecule has 0 aliphatic carbocycles. The van der Waals surface area contributed by atoms with Crippen molar-refractivity contribution in [3.05, 3.63) is 23.8 Å². The minimum atomic E-state index is 0.667. The van der Waals surface area contributed by atoms with Gasteiger partial charge in [-0.1, -0.05) is 65.3 Å². The molecule has 0 bridgehead atoms. The Morgan fingerprint density at radius 3 is 1.62 bits per heavy atom. The predicted molar refractivity (Wildman–Crippen MR) is 66.1 cm³/mol. The molecule has 0 spiro atoms. The molecule has 0 heteroatoms. The second-order valence-electron chi connectivity index (χ2n) is 2.64. The molecule has 0 aromatic carbocycles. The lowest BCUT2D eigenvalue weighted by Gasteiger charge is -1.92. The van der Waals surface area contributed by atoms with Crippen molar-refractivity contribution in [1.82, 2.24) is 0 Å². The summed E-state index contributed by atoms with van der Waals surface area (Å²) in [6.45, 7) is 16.5. The first kappa shape index (κ1) is 18.3. The fourth-order valence-corrected chi connectivity index (χ4v) is 0.440. The summed E-state index contributed by atoms with van der Waals surface area (Å²) in [4.78, 5) is 0. The molecule has 0 rings (SSSR count). The van der Waals surface area contributed by atoms with Crippen LogP contribution in [0, 0.1) is 5.92 Å². The maximum absolute atomic E-state index is 2.20. The first-order valence-electron chi connectivity index (χ1n) is 5.48. The van der Waals surface area contributed by atoms with Gasteiger partial charge in [0.1, 0.15) is 0 Å². The summed E-state index contributed by atoms with van der Waals surface area (Å²) in [6, 6.07) is 0. The van der Waals surface area contributed by atoms with Gasteiger partial charge in [-0.05, 0) is 19.8 Å². The molecule has 13 heavy (non-hydrogen) atoms. The van der Waals surface area contributed by atoms with Gasteiger partial charge in [-0.25, -0.2) is 0 Å². The van der Waals surface area contributed by atoms with E-state index in [0.717, 1.165) is 0 Å². The van der Waals surface area contributed by atoms with E-state index in [1.807, 2.05) is 27.7 Å². The van der Waals surface area contributed by atoms with Crippen LogP contribution in [0.1, 0.15) is 55.4 Å². The summed E-state index contributed by atoms with van der Waals surface area (Å²) in [7, 11) is 0. The van der Waals surface area contributed by atoms with Crippen molar-refractivity contribution in [2.24, 2.45) is 5.92 Å². The lowest BCUT2D eigenvalue weighted by molar-refractivity contribution is 0.831. The Labute approximate surface area is 85.8 Å². The fourth-order valence-electron chi connectivity index (χ4n) is 0.440. The molecular formula is C13H28. The summed E-state index contributed by atoms with van der Waals surface area (Å²) < 4.78 is 0. The molecule has 0 saturated carbocycles. The Kier molecular flexibility index (Phi) is 24.7. The van der Waals surface area contributed by atoms with Crippen molar-refractivity contribution in [3.8, 4) is 0 Å². The summed E-state index contributed by atoms with van der Waals surface area (Å²) in [5.74, 6) is 0.667. The van der Waals surface area contributed by atoms with Gasteiger partial charge in [0.05, 0.1) is 0 Å². The Hall–Kier alpha value is -0.520. The zero-order valence-corrected chi connectivity index (χ0v) is 10.8. The molecule has 0 atom stereocenters. The number of hydrogen-bond donors (Lipinski definition) is 0. The molecule has 0 heterocycles. The molecule has 0 nitrogen and oxygen atoms in total. The second-order valence-corrected chi connectivity index (χ2v) is 2.64. The lowest BCUT2D eigenvalue weighted by atomic mass is 10.1. The van der Waals surface area contributed by atoms with Crippen LogP contribution in [0.5, 0.6) is 0 Å². The first-order chi connectivity index (χ1) is 6.16. The van der Waals surface area contributed by atoms with Crippen molar-refractivity contribution in [2.75, 3.05) is 0 Å². The predicted octanol–water partition coefficient (Wildman–Crippen LogP) is 5.22. The van der Waals surface area contributed by atoms with Crippen molar-refractivity contribution >= 4 is 0 Å². The normalized spacial score (nSPS) is 10.4. The summed E-state index contributed by atoms with van der Waals surface area (Å²) in [5.41, 5.74) is 1.34. The van der Waals surface area contributed by atoms with Crippen molar-refractivity contribution in [1.29, 1.82) is 0 Å². The molecule has 0 N–H and O–H groups in total. The van der Waals surface area contributed by atoms with Crippen LogP contribution in [0.15, 0.2) is 23.8 Å². The van der Waals surface area contributed by atoms with Gasteiger partial charge in [0.25, 0.3) is 0 Å². The van der Waals surface area contributed by atoms with E-state index < -0.39 is 0 Å². The fraction of sp³-hybridized carbons (Fsp3) is 0.692. The molecule has 0 fully saturated rings. The SMILES string of the molecule is C/C=C(C)\C=C/C(C)C.CC.CC. The van der Waals surface area contributed by atoms with Crippen LogP contribution >= 0.6 is 0 Å². The van der Waals surface area contributed by atoms with Gasteiger partial charge >= 0.3 is 0 Å². The molecule has 0 unspecified atom stereocenters. The van der Waals surface area contributed by atoms with Crippen LogP contribution in [-0.4, -0.2) is 0 Å². The van der Waals surface area contributed by atoms with Crippen molar-refractivity contribution in [3.63, 3.8) is 0 Å². The number of rotatable bonds is 2. The van der Waals surface area contributed by atoms with E-state index in [9.17, 15) is 0 Å². The highest BCUT2D eigenvalue weighted by molar-refractivity contribution is 5.14. The van der Waals surface area contributed by atoms with Crippen LogP contribution in [-0.2, 0) is 0 Å². The Morgan fingerprint density at radius 2 is 1.38 bits per heavy atom. The number of allylic oxidation sites excluding steroid dienone is 4. The van der Waals surface area contributed by atoms with Gasteiger partial charge in [-0.15, -0.1) is 0 Å². The maximum atomic E-state index is 2.20. The molecule has 0 radical (unpaired) electrons. The van der Waals surface area contributed by atoms with Crippen molar-refractivity contribution < 1.29 is 0 Å². The van der Waals surface area contributed by atoms with Crippen LogP contribution in [0.25, 0.3) is 0 Å². The zero-order valence-electron chi connectivity index (χ0n) is 10.8. The van der Waals surface area contributed by atoms with E-state index in [2.05, 4.69) is 45.9 Å². The molecule has 0 aromatic heterocycles. The van der Waals surface area contributed by atoms with Crippen LogP contribution in [0.2, 0.25) is 0 Å². The molecule has 80 valence electrons. The van der Waals surface area contributed by atoms with Crippen LogP contribution in [0.4, 0.5) is 0 Å². The highest BCUT2D eigenvalue weighted by Crippen LogP contribution is 1.99. The molecule has 0 aliphatic rings. The van der Waals surface area contributed by atoms with Gasteiger partial charge in [0, 0.05) is 0 Å². The van der Waals surface area contributed by atoms with E-state index in [-0.39, 0.29) is 0 Å². The monoisotopic (exact) mass is 184 g/mol. The van der Waals surface area contributed by atoms with Crippen molar-refractivity contribution in [2.45, 2.75) is 55.4 Å². The smallest absolute Gasteiger partial charge is 0.0287 e. The zero-order chi connectivity index (χ0) is 11.3. The summed E-state index contributed by atoms with van der Waals surface area (Å²) >= 11 is 0. The third kappa shape index (κ3) is 24.6. The Balaban J connectivity index is -0.000000218. The van der Waals surface area contributed by atoms with Crippen LogP contribution < -0.4 is 0 Å². The number of hydrogen-bond acceptors (Lipinski definition) is 0. The molecular weight excluding hydrogens is 156 g/mol. The van der Waals surface area contributed by atoms with E-state index in [0.29, 0.717) is 5.92 Å². The van der Waals surface area contributed by atoms with Gasteiger partial charge in [0.2, 0.25) is 0 Å². The third-order valence-corrected chi connectivity index (χ3v) is 1.20.